The lowest BCUT2D eigenvalue weighted by molar-refractivity contribution is -0.141. The molecule has 8 heteroatoms. The van der Waals surface area contributed by atoms with Crippen LogP contribution >= 0.6 is 23.2 Å². The van der Waals surface area contributed by atoms with Crippen LogP contribution < -0.4 is 0 Å². The van der Waals surface area contributed by atoms with Gasteiger partial charge in [0.25, 0.3) is 0 Å². The molecule has 0 aliphatic carbocycles. The number of nitrogens with zero attached hydrogens (tertiary/aromatic N) is 1. The third-order valence-corrected chi connectivity index (χ3v) is 6.31. The molecule has 0 aliphatic heterocycles. The summed E-state index contributed by atoms with van der Waals surface area (Å²) in [5, 5.41) is 10.4. The third-order valence-electron chi connectivity index (χ3n) is 3.94. The smallest absolute Gasteiger partial charge is 0.322 e. The van der Waals surface area contributed by atoms with E-state index in [0.717, 1.165) is 9.87 Å². The van der Waals surface area contributed by atoms with Gasteiger partial charge in [-0.15, -0.1) is 0 Å². The number of hydrogen-bond acceptors (Lipinski definition) is 3. The molecule has 0 saturated heterocycles. The number of carboxylic acid groups (broad SMARTS) is 1. The van der Waals surface area contributed by atoms with Crippen molar-refractivity contribution in [3.05, 3.63) is 63.6 Å². The van der Waals surface area contributed by atoms with Gasteiger partial charge in [-0.05, 0) is 54.4 Å². The van der Waals surface area contributed by atoms with E-state index in [1.54, 1.807) is 18.2 Å². The van der Waals surface area contributed by atoms with Crippen LogP contribution in [0.3, 0.4) is 0 Å². The maximum atomic E-state index is 12.7. The summed E-state index contributed by atoms with van der Waals surface area (Å²) >= 11 is 11.7. The zero-order chi connectivity index (χ0) is 18.8. The maximum absolute atomic E-state index is 12.7. The lowest BCUT2D eigenvalue weighted by Crippen LogP contribution is -2.43. The van der Waals surface area contributed by atoms with Crippen LogP contribution in [-0.4, -0.2) is 36.9 Å². The second-order valence-electron chi connectivity index (χ2n) is 5.60. The fourth-order valence-electron chi connectivity index (χ4n) is 2.38. The third kappa shape index (κ3) is 4.52. The summed E-state index contributed by atoms with van der Waals surface area (Å²) in [5.74, 6) is -1.24. The van der Waals surface area contributed by atoms with Crippen LogP contribution in [0.5, 0.6) is 0 Å². The summed E-state index contributed by atoms with van der Waals surface area (Å²) in [7, 11) is -2.73. The summed E-state index contributed by atoms with van der Waals surface area (Å²) in [4.78, 5) is 11.7. The van der Waals surface area contributed by atoms with E-state index in [9.17, 15) is 18.3 Å². The number of aryl methyl sites for hydroxylation is 1. The zero-order valence-electron chi connectivity index (χ0n) is 13.6. The Morgan fingerprint density at radius 1 is 1.12 bits per heavy atom. The van der Waals surface area contributed by atoms with Crippen molar-refractivity contribution in [2.75, 3.05) is 7.05 Å². The predicted molar refractivity (Wildman–Crippen MR) is 97.7 cm³/mol. The Morgan fingerprint density at radius 3 is 2.24 bits per heavy atom. The molecule has 0 bridgehead atoms. The van der Waals surface area contributed by atoms with Crippen LogP contribution in [0.25, 0.3) is 0 Å². The fraction of sp³-hybridized carbons (Fsp3) is 0.235. The molecule has 0 aliphatic rings. The molecule has 0 radical (unpaired) electrons. The molecule has 1 N–H and O–H groups in total. The van der Waals surface area contributed by atoms with Crippen molar-refractivity contribution in [2.45, 2.75) is 24.3 Å². The monoisotopic (exact) mass is 401 g/mol. The highest BCUT2D eigenvalue weighted by Crippen LogP contribution is 2.23. The molecule has 2 aromatic carbocycles. The first-order valence-corrected chi connectivity index (χ1v) is 9.54. The van der Waals surface area contributed by atoms with Gasteiger partial charge < -0.3 is 5.11 Å². The van der Waals surface area contributed by atoms with Crippen molar-refractivity contribution >= 4 is 39.2 Å². The molecule has 0 fully saturated rings. The van der Waals surface area contributed by atoms with Crippen LogP contribution in [0.1, 0.15) is 11.1 Å². The van der Waals surface area contributed by atoms with Crippen LogP contribution in [0.2, 0.25) is 10.0 Å². The average Bonchev–Trinajstić information content (AvgIpc) is 2.55. The van der Waals surface area contributed by atoms with Gasteiger partial charge in [0.05, 0.1) is 4.90 Å². The minimum atomic E-state index is -3.98. The van der Waals surface area contributed by atoms with E-state index in [1.165, 1.54) is 31.3 Å². The lowest BCUT2D eigenvalue weighted by atomic mass is 10.0. The molecule has 2 rings (SSSR count). The number of halogens is 2. The number of aliphatic carboxylic acids is 1. The number of carboxylic acids is 1. The molecule has 0 saturated carbocycles. The van der Waals surface area contributed by atoms with E-state index in [1.807, 2.05) is 6.92 Å². The summed E-state index contributed by atoms with van der Waals surface area (Å²) in [6.45, 7) is 1.82. The number of hydrogen-bond donors (Lipinski definition) is 1. The number of likely N-dealkylation sites (N-methyl/N-ethyl adjacent to an activating group) is 1. The SMILES string of the molecule is Cc1ccc(Cl)cc1CC(C(=O)O)N(C)S(=O)(=O)c1ccc(Cl)cc1. The van der Waals surface area contributed by atoms with Crippen LogP contribution in [0.4, 0.5) is 0 Å². The van der Waals surface area contributed by atoms with Crippen molar-refractivity contribution in [2.24, 2.45) is 0 Å². The average molecular weight is 402 g/mol. The quantitative estimate of drug-likeness (QED) is 0.801. The van der Waals surface area contributed by atoms with Gasteiger partial charge in [-0.2, -0.15) is 4.31 Å². The molecule has 1 atom stereocenters. The highest BCUT2D eigenvalue weighted by Gasteiger charge is 2.33. The molecule has 0 spiro atoms. The molecular formula is C17H17Cl2NO4S. The Labute approximate surface area is 156 Å². The summed E-state index contributed by atoms with van der Waals surface area (Å²) in [6.07, 6.45) is 0.00501. The number of benzene rings is 2. The number of rotatable bonds is 6. The molecule has 0 aromatic heterocycles. The van der Waals surface area contributed by atoms with Gasteiger partial charge in [0.15, 0.2) is 0 Å². The predicted octanol–water partition coefficient (Wildman–Crippen LogP) is 3.62. The van der Waals surface area contributed by atoms with Gasteiger partial charge in [0.1, 0.15) is 6.04 Å². The van der Waals surface area contributed by atoms with Crippen LogP contribution in [0.15, 0.2) is 47.4 Å². The molecule has 1 unspecified atom stereocenters. The first kappa shape index (κ1) is 19.7. The molecular weight excluding hydrogens is 385 g/mol. The van der Waals surface area contributed by atoms with Gasteiger partial charge in [0.2, 0.25) is 10.0 Å². The van der Waals surface area contributed by atoms with Crippen molar-refractivity contribution < 1.29 is 18.3 Å². The fourth-order valence-corrected chi connectivity index (χ4v) is 4.01. The first-order valence-electron chi connectivity index (χ1n) is 7.34. The van der Waals surface area contributed by atoms with E-state index in [-0.39, 0.29) is 11.3 Å². The number of sulfonamides is 1. The molecule has 5 nitrogen and oxygen atoms in total. The first-order chi connectivity index (χ1) is 11.6. The highest BCUT2D eigenvalue weighted by molar-refractivity contribution is 7.89. The second kappa shape index (κ2) is 7.74. The van der Waals surface area contributed by atoms with Crippen LogP contribution in [-0.2, 0) is 21.2 Å². The Morgan fingerprint density at radius 2 is 1.68 bits per heavy atom. The van der Waals surface area contributed by atoms with E-state index in [4.69, 9.17) is 23.2 Å². The minimum Gasteiger partial charge on any atom is -0.480 e. The Bertz CT molecular complexity index is 882. The lowest BCUT2D eigenvalue weighted by Gasteiger charge is -2.25. The Balaban J connectivity index is 2.37. The molecule has 0 amide bonds. The van der Waals surface area contributed by atoms with Gasteiger partial charge in [-0.25, -0.2) is 8.42 Å². The molecule has 0 heterocycles. The molecule has 134 valence electrons. The summed E-state index contributed by atoms with van der Waals surface area (Å²) in [6, 6.07) is 9.43. The highest BCUT2D eigenvalue weighted by atomic mass is 35.5. The van der Waals surface area contributed by atoms with E-state index < -0.39 is 22.0 Å². The van der Waals surface area contributed by atoms with Crippen molar-refractivity contribution in [1.29, 1.82) is 0 Å². The van der Waals surface area contributed by atoms with Gasteiger partial charge in [-0.1, -0.05) is 29.3 Å². The van der Waals surface area contributed by atoms with Crippen molar-refractivity contribution in [3.8, 4) is 0 Å². The minimum absolute atomic E-state index is 0.00501. The Hall–Kier alpha value is -1.60. The van der Waals surface area contributed by atoms with Crippen molar-refractivity contribution in [1.82, 2.24) is 4.31 Å². The molecule has 25 heavy (non-hydrogen) atoms. The largest absolute Gasteiger partial charge is 0.480 e. The maximum Gasteiger partial charge on any atom is 0.322 e. The van der Waals surface area contributed by atoms with E-state index in [2.05, 4.69) is 0 Å². The second-order valence-corrected chi connectivity index (χ2v) is 8.47. The normalized spacial score (nSPS) is 13.0. The van der Waals surface area contributed by atoms with E-state index in [0.29, 0.717) is 15.6 Å². The van der Waals surface area contributed by atoms with E-state index >= 15 is 0 Å². The zero-order valence-corrected chi connectivity index (χ0v) is 15.9. The number of carbonyl (C=O) groups is 1. The topological polar surface area (TPSA) is 74.7 Å². The standard InChI is InChI=1S/C17H17Cl2NO4S/c1-11-3-4-14(19)9-12(11)10-16(17(21)22)20(2)25(23,24)15-7-5-13(18)6-8-15/h3-9,16H,10H2,1-2H3,(H,21,22). The van der Waals surface area contributed by atoms with Crippen LogP contribution in [0, 0.1) is 6.92 Å². The van der Waals surface area contributed by atoms with Gasteiger partial charge >= 0.3 is 5.97 Å². The van der Waals surface area contributed by atoms with Gasteiger partial charge in [-0.3, -0.25) is 4.79 Å². The van der Waals surface area contributed by atoms with Crippen molar-refractivity contribution in [3.63, 3.8) is 0 Å². The Kier molecular flexibility index (Phi) is 6.11. The summed E-state index contributed by atoms with van der Waals surface area (Å²) < 4.78 is 26.3. The summed E-state index contributed by atoms with van der Waals surface area (Å²) in [5.41, 5.74) is 1.52. The van der Waals surface area contributed by atoms with Gasteiger partial charge in [0, 0.05) is 23.5 Å². The molecule has 2 aromatic rings.